The Hall–Kier alpha value is -3.35. The molecule has 1 amide bonds. The van der Waals surface area contributed by atoms with Gasteiger partial charge in [-0.05, 0) is 36.8 Å². The van der Waals surface area contributed by atoms with Crippen LogP contribution in [-0.4, -0.2) is 25.2 Å². The van der Waals surface area contributed by atoms with Crippen molar-refractivity contribution in [3.05, 3.63) is 59.1 Å². The Kier molecular flexibility index (Phi) is 4.50. The molecule has 0 fully saturated rings. The highest BCUT2D eigenvalue weighted by molar-refractivity contribution is 5.93. The van der Waals surface area contributed by atoms with Crippen LogP contribution >= 0.6 is 0 Å². The predicted octanol–water partition coefficient (Wildman–Crippen LogP) is 3.12. The van der Waals surface area contributed by atoms with E-state index in [0.29, 0.717) is 13.1 Å². The van der Waals surface area contributed by atoms with Crippen LogP contribution in [0.1, 0.15) is 19.8 Å². The van der Waals surface area contributed by atoms with Crippen molar-refractivity contribution in [3.8, 4) is 0 Å². The van der Waals surface area contributed by atoms with Crippen LogP contribution in [0.4, 0.5) is 5.69 Å². The molecule has 0 saturated heterocycles. The summed E-state index contributed by atoms with van der Waals surface area (Å²) in [5, 5.41) is 10.7. The summed E-state index contributed by atoms with van der Waals surface area (Å²) in [5.74, 6) is -0.128. The van der Waals surface area contributed by atoms with E-state index in [0.717, 1.165) is 34.0 Å². The van der Waals surface area contributed by atoms with Crippen LogP contribution < -0.4 is 11.0 Å². The van der Waals surface area contributed by atoms with E-state index in [4.69, 9.17) is 0 Å². The van der Waals surface area contributed by atoms with E-state index < -0.39 is 0 Å². The number of carbonyl (C=O) groups is 1. The van der Waals surface area contributed by atoms with Gasteiger partial charge in [-0.2, -0.15) is 5.10 Å². The molecule has 0 aliphatic carbocycles. The Morgan fingerprint density at radius 3 is 2.59 bits per heavy atom. The van der Waals surface area contributed by atoms with Gasteiger partial charge >= 0.3 is 5.69 Å². The average molecular weight is 363 g/mol. The summed E-state index contributed by atoms with van der Waals surface area (Å²) in [6.45, 7) is 3.06. The molecule has 0 radical (unpaired) electrons. The highest BCUT2D eigenvalue weighted by atomic mass is 16.2. The maximum absolute atomic E-state index is 12.7. The van der Waals surface area contributed by atoms with E-state index in [1.807, 2.05) is 49.4 Å². The van der Waals surface area contributed by atoms with Crippen LogP contribution in [0.25, 0.3) is 21.9 Å². The average Bonchev–Trinajstić information content (AvgIpc) is 3.23. The number of aromatic nitrogens is 4. The molecule has 0 aliphatic heterocycles. The summed E-state index contributed by atoms with van der Waals surface area (Å²) in [4.78, 5) is 25.1. The number of hydrogen-bond donors (Lipinski definition) is 2. The molecule has 0 bridgehead atoms. The van der Waals surface area contributed by atoms with Gasteiger partial charge in [0.05, 0.1) is 22.7 Å². The summed E-state index contributed by atoms with van der Waals surface area (Å²) < 4.78 is 3.46. The number of nitrogens with one attached hydrogen (secondary N) is 2. The van der Waals surface area contributed by atoms with Crippen LogP contribution in [0.5, 0.6) is 0 Å². The van der Waals surface area contributed by atoms with Crippen LogP contribution in [0.3, 0.4) is 0 Å². The first-order chi connectivity index (χ1) is 13.2. The largest absolute Gasteiger partial charge is 0.329 e. The Labute approximate surface area is 155 Å². The lowest BCUT2D eigenvalue weighted by molar-refractivity contribution is -0.116. The van der Waals surface area contributed by atoms with Gasteiger partial charge in [-0.1, -0.05) is 19.1 Å². The van der Waals surface area contributed by atoms with Crippen LogP contribution in [0.2, 0.25) is 0 Å². The normalized spacial score (nSPS) is 11.3. The molecule has 138 valence electrons. The van der Waals surface area contributed by atoms with Gasteiger partial charge in [-0.25, -0.2) is 4.79 Å². The second kappa shape index (κ2) is 7.11. The molecule has 4 rings (SSSR count). The zero-order valence-electron chi connectivity index (χ0n) is 15.1. The second-order valence-corrected chi connectivity index (χ2v) is 6.54. The van der Waals surface area contributed by atoms with Gasteiger partial charge in [0.25, 0.3) is 0 Å². The summed E-state index contributed by atoms with van der Waals surface area (Å²) in [6, 6.07) is 13.3. The number of para-hydroxylation sites is 2. The molecule has 0 atom stereocenters. The third-order valence-electron chi connectivity index (χ3n) is 4.66. The SMILES string of the molecule is CCCn1c(=O)n(CCC(=O)Nc2ccc3[nH]ncc3c2)c2ccccc21. The van der Waals surface area contributed by atoms with E-state index in [2.05, 4.69) is 15.5 Å². The summed E-state index contributed by atoms with van der Waals surface area (Å²) in [7, 11) is 0. The van der Waals surface area contributed by atoms with Crippen LogP contribution in [0, 0.1) is 0 Å². The lowest BCUT2D eigenvalue weighted by atomic mass is 10.2. The molecule has 2 heterocycles. The van der Waals surface area contributed by atoms with Crippen molar-refractivity contribution in [2.45, 2.75) is 32.9 Å². The Balaban J connectivity index is 1.52. The van der Waals surface area contributed by atoms with Gasteiger partial charge in [-0.15, -0.1) is 0 Å². The highest BCUT2D eigenvalue weighted by Gasteiger charge is 2.13. The zero-order valence-corrected chi connectivity index (χ0v) is 15.1. The number of amides is 1. The van der Waals surface area contributed by atoms with Gasteiger partial charge in [-0.3, -0.25) is 19.0 Å². The third-order valence-corrected chi connectivity index (χ3v) is 4.66. The molecular formula is C20H21N5O2. The minimum absolute atomic E-state index is 0.0642. The maximum Gasteiger partial charge on any atom is 0.329 e. The number of aryl methyl sites for hydroxylation is 2. The van der Waals surface area contributed by atoms with Crippen molar-refractivity contribution >= 4 is 33.5 Å². The first-order valence-corrected chi connectivity index (χ1v) is 9.08. The zero-order chi connectivity index (χ0) is 18.8. The smallest absolute Gasteiger partial charge is 0.326 e. The van der Waals surface area contributed by atoms with Crippen molar-refractivity contribution in [1.29, 1.82) is 0 Å². The number of rotatable bonds is 6. The van der Waals surface area contributed by atoms with Crippen molar-refractivity contribution in [2.24, 2.45) is 0 Å². The first-order valence-electron chi connectivity index (χ1n) is 9.08. The minimum Gasteiger partial charge on any atom is -0.326 e. The number of H-pyrrole nitrogens is 1. The lowest BCUT2D eigenvalue weighted by Gasteiger charge is -2.06. The number of imidazole rings is 1. The molecular weight excluding hydrogens is 342 g/mol. The molecule has 2 aromatic heterocycles. The number of nitrogens with zero attached hydrogens (tertiary/aromatic N) is 3. The molecule has 0 saturated carbocycles. The number of hydrogen-bond acceptors (Lipinski definition) is 3. The minimum atomic E-state index is -0.128. The van der Waals surface area contributed by atoms with Gasteiger partial charge in [0.1, 0.15) is 0 Å². The number of benzene rings is 2. The summed E-state index contributed by atoms with van der Waals surface area (Å²) in [6.07, 6.45) is 2.82. The second-order valence-electron chi connectivity index (χ2n) is 6.54. The van der Waals surface area contributed by atoms with Crippen molar-refractivity contribution in [1.82, 2.24) is 19.3 Å². The number of fused-ring (bicyclic) bond motifs is 2. The Morgan fingerprint density at radius 1 is 1.11 bits per heavy atom. The van der Waals surface area contributed by atoms with E-state index in [1.165, 1.54) is 0 Å². The van der Waals surface area contributed by atoms with Gasteiger partial charge in [0.15, 0.2) is 0 Å². The fourth-order valence-corrected chi connectivity index (χ4v) is 3.39. The Bertz CT molecular complexity index is 1170. The predicted molar refractivity (Wildman–Crippen MR) is 106 cm³/mol. The first kappa shape index (κ1) is 17.1. The standard InChI is InChI=1S/C20H21N5O2/c1-2-10-24-17-5-3-4-6-18(17)25(20(24)27)11-9-19(26)22-15-7-8-16-14(12-15)13-21-23-16/h3-8,12-13H,2,9-11H2,1H3,(H,21,23)(H,22,26). The number of anilines is 1. The maximum atomic E-state index is 12.7. The monoisotopic (exact) mass is 363 g/mol. The van der Waals surface area contributed by atoms with Crippen molar-refractivity contribution < 1.29 is 4.79 Å². The number of aromatic amines is 1. The molecule has 7 heteroatoms. The van der Waals surface area contributed by atoms with Gasteiger partial charge in [0.2, 0.25) is 5.91 Å². The van der Waals surface area contributed by atoms with Crippen molar-refractivity contribution in [3.63, 3.8) is 0 Å². The third kappa shape index (κ3) is 3.23. The van der Waals surface area contributed by atoms with Gasteiger partial charge < -0.3 is 5.32 Å². The van der Waals surface area contributed by atoms with Crippen LogP contribution in [-0.2, 0) is 17.9 Å². The van der Waals surface area contributed by atoms with E-state index in [9.17, 15) is 9.59 Å². The molecule has 27 heavy (non-hydrogen) atoms. The molecule has 2 aromatic carbocycles. The van der Waals surface area contributed by atoms with E-state index >= 15 is 0 Å². The molecule has 0 aliphatic rings. The van der Waals surface area contributed by atoms with Crippen LogP contribution in [0.15, 0.2) is 53.5 Å². The summed E-state index contributed by atoms with van der Waals surface area (Å²) in [5.41, 5.74) is 3.35. The molecule has 0 spiro atoms. The fourth-order valence-electron chi connectivity index (χ4n) is 3.39. The number of carbonyl (C=O) groups excluding carboxylic acids is 1. The quantitative estimate of drug-likeness (QED) is 0.552. The van der Waals surface area contributed by atoms with E-state index in [-0.39, 0.29) is 18.0 Å². The topological polar surface area (TPSA) is 84.7 Å². The Morgan fingerprint density at radius 2 is 1.85 bits per heavy atom. The summed E-state index contributed by atoms with van der Waals surface area (Å²) >= 11 is 0. The highest BCUT2D eigenvalue weighted by Crippen LogP contribution is 2.17. The molecule has 2 N–H and O–H groups in total. The lowest BCUT2D eigenvalue weighted by Crippen LogP contribution is -2.26. The van der Waals surface area contributed by atoms with Gasteiger partial charge in [0, 0.05) is 30.6 Å². The molecule has 0 unspecified atom stereocenters. The molecule has 7 nitrogen and oxygen atoms in total. The van der Waals surface area contributed by atoms with E-state index in [1.54, 1.807) is 15.3 Å². The molecule has 4 aromatic rings. The fraction of sp³-hybridized carbons (Fsp3) is 0.250. The van der Waals surface area contributed by atoms with Crippen molar-refractivity contribution in [2.75, 3.05) is 5.32 Å².